The van der Waals surface area contributed by atoms with Gasteiger partial charge in [-0.1, -0.05) is 0 Å². The molecule has 3 rings (SSSR count). The van der Waals surface area contributed by atoms with Crippen LogP contribution in [-0.4, -0.2) is 61.3 Å². The maximum atomic E-state index is 13.9. The summed E-state index contributed by atoms with van der Waals surface area (Å²) >= 11 is 0. The number of halogens is 2. The fourth-order valence-electron chi connectivity index (χ4n) is 3.73. The van der Waals surface area contributed by atoms with E-state index < -0.39 is 35.4 Å². The van der Waals surface area contributed by atoms with Gasteiger partial charge in [-0.15, -0.1) is 0 Å². The summed E-state index contributed by atoms with van der Waals surface area (Å²) in [6, 6.07) is 2.32. The molecule has 10 heteroatoms. The predicted octanol–water partition coefficient (Wildman–Crippen LogP) is 0.171. The maximum absolute atomic E-state index is 13.9. The third kappa shape index (κ3) is 4.36. The van der Waals surface area contributed by atoms with Gasteiger partial charge in [0.2, 0.25) is 23.6 Å². The van der Waals surface area contributed by atoms with Gasteiger partial charge in [-0.3, -0.25) is 19.2 Å². The first-order valence-electron chi connectivity index (χ1n) is 9.36. The molecular formula is C19H22F2N4O4. The van der Waals surface area contributed by atoms with Crippen molar-refractivity contribution in [2.75, 3.05) is 31.6 Å². The summed E-state index contributed by atoms with van der Waals surface area (Å²) < 4.78 is 27.0. The fraction of sp³-hybridized carbons (Fsp3) is 0.474. The van der Waals surface area contributed by atoms with Gasteiger partial charge in [-0.25, -0.2) is 8.78 Å². The van der Waals surface area contributed by atoms with Crippen molar-refractivity contribution in [3.8, 4) is 0 Å². The molecule has 0 radical (unpaired) electrons. The fourth-order valence-corrected chi connectivity index (χ4v) is 3.73. The molecule has 0 saturated carbocycles. The zero-order chi connectivity index (χ0) is 21.1. The second-order valence-corrected chi connectivity index (χ2v) is 7.08. The summed E-state index contributed by atoms with van der Waals surface area (Å²) in [4.78, 5) is 51.4. The van der Waals surface area contributed by atoms with Crippen LogP contribution in [-0.2, 0) is 19.2 Å². The lowest BCUT2D eigenvalue weighted by molar-refractivity contribution is -0.138. The van der Waals surface area contributed by atoms with Crippen LogP contribution >= 0.6 is 0 Å². The van der Waals surface area contributed by atoms with E-state index >= 15 is 0 Å². The molecule has 2 saturated heterocycles. The zero-order valence-corrected chi connectivity index (χ0v) is 15.9. The Morgan fingerprint density at radius 1 is 1.21 bits per heavy atom. The minimum Gasteiger partial charge on any atom is -0.357 e. The Labute approximate surface area is 166 Å². The number of amides is 4. The van der Waals surface area contributed by atoms with Gasteiger partial charge in [0.25, 0.3) is 0 Å². The van der Waals surface area contributed by atoms with Crippen molar-refractivity contribution < 1.29 is 28.0 Å². The topological polar surface area (TPSA) is 98.8 Å². The number of nitrogens with zero attached hydrogens (tertiary/aromatic N) is 2. The Morgan fingerprint density at radius 3 is 2.66 bits per heavy atom. The molecule has 2 aliphatic rings. The second kappa shape index (κ2) is 8.54. The van der Waals surface area contributed by atoms with Gasteiger partial charge in [-0.05, 0) is 25.0 Å². The largest absolute Gasteiger partial charge is 0.357 e. The third-order valence-electron chi connectivity index (χ3n) is 5.23. The summed E-state index contributed by atoms with van der Waals surface area (Å²) in [5.74, 6) is -4.00. The molecule has 2 aliphatic heterocycles. The highest BCUT2D eigenvalue weighted by Crippen LogP contribution is 2.28. The number of likely N-dealkylation sites (tertiary alicyclic amines) is 1. The maximum Gasteiger partial charge on any atom is 0.242 e. The van der Waals surface area contributed by atoms with E-state index in [1.165, 1.54) is 11.9 Å². The summed E-state index contributed by atoms with van der Waals surface area (Å²) in [5.41, 5.74) is -0.0896. The number of nitrogens with one attached hydrogen (secondary N) is 2. The Kier molecular flexibility index (Phi) is 6.09. The van der Waals surface area contributed by atoms with Gasteiger partial charge in [0.05, 0.1) is 18.2 Å². The normalized spacial score (nSPS) is 21.4. The number of carbonyl (C=O) groups is 4. The standard InChI is InChI=1S/C19H22F2N4O4/c1-22-19(29)15-3-2-6-24(15)17(27)9-23-18(28)11-7-16(26)25(10-11)14-5-4-12(20)8-13(14)21/h4-5,8,11,15H,2-3,6-7,9-10H2,1H3,(H,22,29)(H,23,28). The first kappa shape index (κ1) is 20.7. The van der Waals surface area contributed by atoms with Gasteiger partial charge >= 0.3 is 0 Å². The van der Waals surface area contributed by atoms with Crippen LogP contribution in [0.4, 0.5) is 14.5 Å². The van der Waals surface area contributed by atoms with E-state index in [0.29, 0.717) is 25.5 Å². The molecule has 2 heterocycles. The Morgan fingerprint density at radius 2 is 1.97 bits per heavy atom. The van der Waals surface area contributed by atoms with E-state index in [-0.39, 0.29) is 37.0 Å². The SMILES string of the molecule is CNC(=O)C1CCCN1C(=O)CNC(=O)C1CC(=O)N(c2ccc(F)cc2F)C1. The smallest absolute Gasteiger partial charge is 0.242 e. The summed E-state index contributed by atoms with van der Waals surface area (Å²) in [7, 11) is 1.50. The molecule has 4 amide bonds. The molecule has 1 aromatic rings. The lowest BCUT2D eigenvalue weighted by Gasteiger charge is -2.23. The number of rotatable bonds is 5. The zero-order valence-electron chi connectivity index (χ0n) is 15.9. The van der Waals surface area contributed by atoms with Crippen molar-refractivity contribution in [3.05, 3.63) is 29.8 Å². The Hall–Kier alpha value is -3.04. The molecule has 2 atom stereocenters. The van der Waals surface area contributed by atoms with Crippen molar-refractivity contribution in [3.63, 3.8) is 0 Å². The van der Waals surface area contributed by atoms with E-state index in [9.17, 15) is 28.0 Å². The lowest BCUT2D eigenvalue weighted by atomic mass is 10.1. The van der Waals surface area contributed by atoms with Crippen LogP contribution < -0.4 is 15.5 Å². The molecule has 156 valence electrons. The second-order valence-electron chi connectivity index (χ2n) is 7.08. The molecule has 0 aliphatic carbocycles. The van der Waals surface area contributed by atoms with Gasteiger partial charge in [0.15, 0.2) is 0 Å². The van der Waals surface area contributed by atoms with Crippen molar-refractivity contribution >= 4 is 29.3 Å². The molecule has 1 aromatic carbocycles. The van der Waals surface area contributed by atoms with Gasteiger partial charge in [0.1, 0.15) is 17.7 Å². The molecule has 2 fully saturated rings. The van der Waals surface area contributed by atoms with Crippen molar-refractivity contribution in [2.24, 2.45) is 5.92 Å². The quantitative estimate of drug-likeness (QED) is 0.726. The molecule has 8 nitrogen and oxygen atoms in total. The van der Waals surface area contributed by atoms with Crippen LogP contribution in [0, 0.1) is 17.6 Å². The molecule has 29 heavy (non-hydrogen) atoms. The number of anilines is 1. The average Bonchev–Trinajstić information content (AvgIpc) is 3.32. The third-order valence-corrected chi connectivity index (χ3v) is 5.23. The highest BCUT2D eigenvalue weighted by atomic mass is 19.1. The molecule has 0 bridgehead atoms. The minimum absolute atomic E-state index is 0.0635. The van der Waals surface area contributed by atoms with Crippen LogP contribution in [0.2, 0.25) is 0 Å². The molecular weight excluding hydrogens is 386 g/mol. The molecule has 2 unspecified atom stereocenters. The average molecular weight is 408 g/mol. The number of hydrogen-bond acceptors (Lipinski definition) is 4. The van der Waals surface area contributed by atoms with Gasteiger partial charge in [-0.2, -0.15) is 0 Å². The van der Waals surface area contributed by atoms with Crippen molar-refractivity contribution in [1.29, 1.82) is 0 Å². The predicted molar refractivity (Wildman–Crippen MR) is 98.6 cm³/mol. The van der Waals surface area contributed by atoms with E-state index in [0.717, 1.165) is 17.0 Å². The molecule has 0 aromatic heterocycles. The minimum atomic E-state index is -0.885. The van der Waals surface area contributed by atoms with Crippen molar-refractivity contribution in [1.82, 2.24) is 15.5 Å². The number of carbonyl (C=O) groups excluding carboxylic acids is 4. The summed E-state index contributed by atoms with van der Waals surface area (Å²) in [6.07, 6.45) is 1.13. The van der Waals surface area contributed by atoms with Crippen LogP contribution in [0.1, 0.15) is 19.3 Å². The van der Waals surface area contributed by atoms with Crippen LogP contribution in [0.25, 0.3) is 0 Å². The number of benzene rings is 1. The van der Waals surface area contributed by atoms with E-state index in [2.05, 4.69) is 10.6 Å². The monoisotopic (exact) mass is 408 g/mol. The first-order chi connectivity index (χ1) is 13.8. The number of hydrogen-bond donors (Lipinski definition) is 2. The lowest BCUT2D eigenvalue weighted by Crippen LogP contribution is -2.48. The Bertz CT molecular complexity index is 847. The van der Waals surface area contributed by atoms with E-state index in [4.69, 9.17) is 0 Å². The summed E-state index contributed by atoms with van der Waals surface area (Å²) in [6.45, 7) is 0.0836. The number of likely N-dealkylation sites (N-methyl/N-ethyl adjacent to an activating group) is 1. The van der Waals surface area contributed by atoms with Gasteiger partial charge in [0, 0.05) is 32.6 Å². The van der Waals surface area contributed by atoms with E-state index in [1.807, 2.05) is 0 Å². The Balaban J connectivity index is 1.57. The van der Waals surface area contributed by atoms with Crippen LogP contribution in [0.5, 0.6) is 0 Å². The summed E-state index contributed by atoms with van der Waals surface area (Å²) in [5, 5.41) is 5.02. The molecule has 2 N–H and O–H groups in total. The first-order valence-corrected chi connectivity index (χ1v) is 9.36. The van der Waals surface area contributed by atoms with Crippen LogP contribution in [0.15, 0.2) is 18.2 Å². The molecule has 0 spiro atoms. The highest BCUT2D eigenvalue weighted by molar-refractivity contribution is 6.01. The van der Waals surface area contributed by atoms with E-state index in [1.54, 1.807) is 0 Å². The highest BCUT2D eigenvalue weighted by Gasteiger charge is 2.37. The van der Waals surface area contributed by atoms with Gasteiger partial charge < -0.3 is 20.4 Å². The van der Waals surface area contributed by atoms with Crippen molar-refractivity contribution in [2.45, 2.75) is 25.3 Å². The van der Waals surface area contributed by atoms with Crippen LogP contribution in [0.3, 0.4) is 0 Å².